The number of aliphatic hydroxyl groups excluding tert-OH is 1. The summed E-state index contributed by atoms with van der Waals surface area (Å²) in [6.45, 7) is 4.21. The third kappa shape index (κ3) is 2.72. The summed E-state index contributed by atoms with van der Waals surface area (Å²) in [5.74, 6) is 1.08. The smallest absolute Gasteiger partial charge is 0.124 e. The van der Waals surface area contributed by atoms with Gasteiger partial charge in [0, 0.05) is 5.56 Å². The molecule has 1 rings (SSSR count). The van der Waals surface area contributed by atoms with Crippen LogP contribution in [0.25, 0.3) is 0 Å². The highest BCUT2D eigenvalue weighted by atomic mass is 16.5. The van der Waals surface area contributed by atoms with Crippen molar-refractivity contribution in [2.45, 2.75) is 32.8 Å². The molecule has 0 radical (unpaired) electrons. The molecule has 84 valence electrons. The third-order valence-corrected chi connectivity index (χ3v) is 2.95. The molecule has 1 N–H and O–H groups in total. The number of rotatable bonds is 5. The highest BCUT2D eigenvalue weighted by Gasteiger charge is 2.20. The predicted molar refractivity (Wildman–Crippen MR) is 62.0 cm³/mol. The minimum atomic E-state index is -0.420. The number of hydrogen-bond donors (Lipinski definition) is 1. The summed E-state index contributed by atoms with van der Waals surface area (Å²) in [4.78, 5) is 0. The molecule has 0 aromatic heterocycles. The van der Waals surface area contributed by atoms with Gasteiger partial charge in [-0.1, -0.05) is 44.9 Å². The minimum Gasteiger partial charge on any atom is -0.496 e. The molecular formula is C13H20O2. The Morgan fingerprint density at radius 3 is 2.33 bits per heavy atom. The van der Waals surface area contributed by atoms with Crippen LogP contribution in [-0.2, 0) is 0 Å². The Morgan fingerprint density at radius 2 is 1.80 bits per heavy atom. The Kier molecular flexibility index (Phi) is 4.63. The Balaban J connectivity index is 2.93. The Bertz CT molecular complexity index is 292. The van der Waals surface area contributed by atoms with Crippen LogP contribution in [0.5, 0.6) is 5.75 Å². The van der Waals surface area contributed by atoms with E-state index in [1.165, 1.54) is 0 Å². The van der Waals surface area contributed by atoms with Crippen LogP contribution in [0, 0.1) is 5.92 Å². The first-order valence-electron chi connectivity index (χ1n) is 5.55. The maximum Gasteiger partial charge on any atom is 0.124 e. The molecule has 0 aliphatic heterocycles. The molecule has 0 aliphatic rings. The van der Waals surface area contributed by atoms with Crippen molar-refractivity contribution in [3.05, 3.63) is 29.8 Å². The van der Waals surface area contributed by atoms with Gasteiger partial charge in [-0.15, -0.1) is 0 Å². The summed E-state index contributed by atoms with van der Waals surface area (Å²) < 4.78 is 5.25. The number of benzene rings is 1. The predicted octanol–water partition coefficient (Wildman–Crippen LogP) is 3.16. The average molecular weight is 208 g/mol. The molecule has 0 fully saturated rings. The third-order valence-electron chi connectivity index (χ3n) is 2.95. The summed E-state index contributed by atoms with van der Waals surface area (Å²) >= 11 is 0. The highest BCUT2D eigenvalue weighted by Crippen LogP contribution is 2.32. The maximum absolute atomic E-state index is 10.2. The molecule has 0 amide bonds. The number of ether oxygens (including phenoxy) is 1. The Labute approximate surface area is 91.9 Å². The molecule has 1 atom stereocenters. The van der Waals surface area contributed by atoms with Gasteiger partial charge in [0.2, 0.25) is 0 Å². The van der Waals surface area contributed by atoms with Gasteiger partial charge in [-0.05, 0) is 12.0 Å². The fourth-order valence-electron chi connectivity index (χ4n) is 1.90. The van der Waals surface area contributed by atoms with E-state index in [1.807, 2.05) is 24.3 Å². The van der Waals surface area contributed by atoms with E-state index in [1.54, 1.807) is 7.11 Å². The van der Waals surface area contributed by atoms with Crippen molar-refractivity contribution in [2.75, 3.05) is 7.11 Å². The molecule has 15 heavy (non-hydrogen) atoms. The van der Waals surface area contributed by atoms with Gasteiger partial charge in [-0.3, -0.25) is 0 Å². The van der Waals surface area contributed by atoms with Gasteiger partial charge in [0.15, 0.2) is 0 Å². The van der Waals surface area contributed by atoms with Crippen molar-refractivity contribution in [1.82, 2.24) is 0 Å². The van der Waals surface area contributed by atoms with Crippen LogP contribution in [0.2, 0.25) is 0 Å². The van der Waals surface area contributed by atoms with Crippen LogP contribution in [0.4, 0.5) is 0 Å². The summed E-state index contributed by atoms with van der Waals surface area (Å²) in [6.07, 6.45) is 1.54. The van der Waals surface area contributed by atoms with Crippen LogP contribution in [0.3, 0.4) is 0 Å². The van der Waals surface area contributed by atoms with Gasteiger partial charge in [0.1, 0.15) is 5.75 Å². The van der Waals surface area contributed by atoms with Gasteiger partial charge in [0.05, 0.1) is 13.2 Å². The zero-order chi connectivity index (χ0) is 11.3. The molecule has 0 heterocycles. The zero-order valence-corrected chi connectivity index (χ0v) is 9.73. The fraction of sp³-hybridized carbons (Fsp3) is 0.538. The zero-order valence-electron chi connectivity index (χ0n) is 9.73. The number of hydrogen-bond acceptors (Lipinski definition) is 2. The largest absolute Gasteiger partial charge is 0.496 e. The summed E-state index contributed by atoms with van der Waals surface area (Å²) in [5.41, 5.74) is 0.897. The number of aliphatic hydroxyl groups is 1. The molecule has 0 saturated carbocycles. The Hall–Kier alpha value is -1.02. The molecule has 1 aromatic rings. The van der Waals surface area contributed by atoms with E-state index >= 15 is 0 Å². The topological polar surface area (TPSA) is 29.5 Å². The van der Waals surface area contributed by atoms with Crippen LogP contribution in [0.15, 0.2) is 24.3 Å². The lowest BCUT2D eigenvalue weighted by Gasteiger charge is -2.22. The Morgan fingerprint density at radius 1 is 1.20 bits per heavy atom. The lowest BCUT2D eigenvalue weighted by Crippen LogP contribution is -2.11. The summed E-state index contributed by atoms with van der Waals surface area (Å²) in [6, 6.07) is 7.67. The lowest BCUT2D eigenvalue weighted by atomic mass is 9.91. The van der Waals surface area contributed by atoms with E-state index in [-0.39, 0.29) is 0 Å². The maximum atomic E-state index is 10.2. The monoisotopic (exact) mass is 208 g/mol. The van der Waals surface area contributed by atoms with Gasteiger partial charge < -0.3 is 9.84 Å². The second kappa shape index (κ2) is 5.76. The molecule has 0 saturated heterocycles. The summed E-state index contributed by atoms with van der Waals surface area (Å²) in [7, 11) is 1.64. The highest BCUT2D eigenvalue weighted by molar-refractivity contribution is 5.35. The van der Waals surface area contributed by atoms with E-state index in [0.717, 1.165) is 24.2 Å². The standard InChI is InChI=1S/C13H20O2/c1-4-10(5-2)13(14)11-8-6-7-9-12(11)15-3/h6-10,13-14H,4-5H2,1-3H3. The molecule has 0 spiro atoms. The minimum absolute atomic E-state index is 0.307. The average Bonchev–Trinajstić information content (AvgIpc) is 2.30. The van der Waals surface area contributed by atoms with Crippen molar-refractivity contribution in [1.29, 1.82) is 0 Å². The van der Waals surface area contributed by atoms with Crippen molar-refractivity contribution < 1.29 is 9.84 Å². The second-order valence-corrected chi connectivity index (χ2v) is 3.76. The van der Waals surface area contributed by atoms with E-state index in [2.05, 4.69) is 13.8 Å². The molecule has 1 unspecified atom stereocenters. The van der Waals surface area contributed by atoms with Crippen molar-refractivity contribution in [2.24, 2.45) is 5.92 Å². The molecule has 1 aromatic carbocycles. The second-order valence-electron chi connectivity index (χ2n) is 3.76. The summed E-state index contributed by atoms with van der Waals surface area (Å²) in [5, 5.41) is 10.2. The van der Waals surface area contributed by atoms with E-state index in [9.17, 15) is 5.11 Å². The van der Waals surface area contributed by atoms with Gasteiger partial charge >= 0.3 is 0 Å². The van der Waals surface area contributed by atoms with Crippen LogP contribution >= 0.6 is 0 Å². The van der Waals surface area contributed by atoms with Crippen LogP contribution < -0.4 is 4.74 Å². The molecular weight excluding hydrogens is 188 g/mol. The first-order valence-corrected chi connectivity index (χ1v) is 5.55. The van der Waals surface area contributed by atoms with Crippen molar-refractivity contribution in [3.63, 3.8) is 0 Å². The van der Waals surface area contributed by atoms with Crippen molar-refractivity contribution >= 4 is 0 Å². The van der Waals surface area contributed by atoms with E-state index < -0.39 is 6.10 Å². The van der Waals surface area contributed by atoms with Gasteiger partial charge in [-0.25, -0.2) is 0 Å². The molecule has 2 heteroatoms. The first kappa shape index (κ1) is 12.1. The normalized spacial score (nSPS) is 12.9. The molecule has 2 nitrogen and oxygen atoms in total. The van der Waals surface area contributed by atoms with Gasteiger partial charge in [-0.2, -0.15) is 0 Å². The van der Waals surface area contributed by atoms with E-state index in [0.29, 0.717) is 5.92 Å². The number of para-hydroxylation sites is 1. The van der Waals surface area contributed by atoms with E-state index in [4.69, 9.17) is 4.74 Å². The van der Waals surface area contributed by atoms with Gasteiger partial charge in [0.25, 0.3) is 0 Å². The van der Waals surface area contributed by atoms with Crippen LogP contribution in [-0.4, -0.2) is 12.2 Å². The van der Waals surface area contributed by atoms with Crippen molar-refractivity contribution in [3.8, 4) is 5.75 Å². The number of methoxy groups -OCH3 is 1. The lowest BCUT2D eigenvalue weighted by molar-refractivity contribution is 0.100. The molecule has 0 aliphatic carbocycles. The quantitative estimate of drug-likeness (QED) is 0.805. The molecule has 0 bridgehead atoms. The van der Waals surface area contributed by atoms with Crippen LogP contribution in [0.1, 0.15) is 38.4 Å². The fourth-order valence-corrected chi connectivity index (χ4v) is 1.90. The SMILES string of the molecule is CCC(CC)C(O)c1ccccc1OC. The first-order chi connectivity index (χ1) is 7.24.